The summed E-state index contributed by atoms with van der Waals surface area (Å²) in [6.45, 7) is -1.21. The zero-order chi connectivity index (χ0) is 19.7. The summed E-state index contributed by atoms with van der Waals surface area (Å²) in [6, 6.07) is 12.2. The van der Waals surface area contributed by atoms with E-state index in [1.54, 1.807) is 41.8 Å². The summed E-state index contributed by atoms with van der Waals surface area (Å²) in [5, 5.41) is 14.2. The van der Waals surface area contributed by atoms with Crippen molar-refractivity contribution in [2.24, 2.45) is 0 Å². The molecule has 1 heterocycles. The van der Waals surface area contributed by atoms with Gasteiger partial charge in [-0.15, -0.1) is 11.3 Å². The summed E-state index contributed by atoms with van der Waals surface area (Å²) < 4.78 is 30.4. The molecule has 27 heavy (non-hydrogen) atoms. The molecule has 1 aromatic heterocycles. The number of anilines is 1. The molecule has 0 atom stereocenters. The van der Waals surface area contributed by atoms with Gasteiger partial charge in [-0.25, -0.2) is 13.1 Å². The van der Waals surface area contributed by atoms with Crippen LogP contribution in [0.1, 0.15) is 11.1 Å². The highest BCUT2D eigenvalue weighted by molar-refractivity contribution is 7.92. The number of esters is 1. The van der Waals surface area contributed by atoms with Crippen LogP contribution in [0, 0.1) is 11.3 Å². The second-order valence-corrected chi connectivity index (χ2v) is 7.63. The van der Waals surface area contributed by atoms with Crippen LogP contribution in [0.2, 0.25) is 0 Å². The number of nitriles is 1. The minimum Gasteiger partial charge on any atom is -0.455 e. The van der Waals surface area contributed by atoms with E-state index in [2.05, 4.69) is 10.0 Å². The molecule has 8 nitrogen and oxygen atoms in total. The monoisotopic (exact) mass is 405 g/mol. The Morgan fingerprint density at radius 2 is 1.96 bits per heavy atom. The van der Waals surface area contributed by atoms with Crippen molar-refractivity contribution < 1.29 is 22.7 Å². The number of hydrogen-bond donors (Lipinski definition) is 2. The highest BCUT2D eigenvalue weighted by Crippen LogP contribution is 2.21. The maximum absolute atomic E-state index is 11.8. The Kier molecular flexibility index (Phi) is 7.25. The summed E-state index contributed by atoms with van der Waals surface area (Å²) in [5.74, 6) is -1.54. The number of rotatable bonds is 8. The molecular weight excluding hydrogens is 390 g/mol. The van der Waals surface area contributed by atoms with Crippen molar-refractivity contribution in [1.29, 1.82) is 5.26 Å². The minimum absolute atomic E-state index is 0.303. The number of carbonyl (C=O) groups excluding carboxylic acids is 2. The van der Waals surface area contributed by atoms with Gasteiger partial charge in [0.25, 0.3) is 5.91 Å². The largest absolute Gasteiger partial charge is 0.455 e. The normalized spacial score (nSPS) is 11.1. The van der Waals surface area contributed by atoms with Gasteiger partial charge in [0, 0.05) is 5.41 Å². The summed E-state index contributed by atoms with van der Waals surface area (Å²) in [6.07, 6.45) is 1.38. The van der Waals surface area contributed by atoms with Crippen LogP contribution in [0.4, 0.5) is 5.00 Å². The van der Waals surface area contributed by atoms with Gasteiger partial charge in [0.2, 0.25) is 10.0 Å². The lowest BCUT2D eigenvalue weighted by atomic mass is 10.2. The Labute approximate surface area is 160 Å². The van der Waals surface area contributed by atoms with Crippen molar-refractivity contribution in [2.75, 3.05) is 18.5 Å². The van der Waals surface area contributed by atoms with Crippen LogP contribution in [0.5, 0.6) is 0 Å². The molecule has 0 saturated heterocycles. The first-order valence-corrected chi connectivity index (χ1v) is 9.98. The molecule has 10 heteroatoms. The predicted octanol–water partition coefficient (Wildman–Crippen LogP) is 1.69. The third-order valence-electron chi connectivity index (χ3n) is 3.06. The number of nitrogens with zero attached hydrogens (tertiary/aromatic N) is 1. The molecule has 2 rings (SSSR count). The number of nitrogens with one attached hydrogen (secondary N) is 2. The molecule has 0 spiro atoms. The van der Waals surface area contributed by atoms with Crippen LogP contribution < -0.4 is 10.0 Å². The molecular formula is C17H15N3O5S2. The highest BCUT2D eigenvalue weighted by Gasteiger charge is 2.13. The van der Waals surface area contributed by atoms with Gasteiger partial charge in [0.1, 0.15) is 17.6 Å². The average Bonchev–Trinajstić information content (AvgIpc) is 3.11. The smallest absolute Gasteiger partial charge is 0.321 e. The molecule has 0 bridgehead atoms. The number of sulfonamides is 1. The third kappa shape index (κ3) is 7.02. The minimum atomic E-state index is -3.83. The number of thiophene rings is 1. The SMILES string of the molecule is N#Cc1ccsc1NC(=O)COC(=O)CNS(=O)(=O)/C=C/c1ccccc1. The van der Waals surface area contributed by atoms with Crippen LogP contribution >= 0.6 is 11.3 Å². The second-order valence-electron chi connectivity index (χ2n) is 5.06. The summed E-state index contributed by atoms with van der Waals surface area (Å²) in [7, 11) is -3.83. The van der Waals surface area contributed by atoms with E-state index in [0.29, 0.717) is 16.1 Å². The third-order valence-corrected chi connectivity index (χ3v) is 4.93. The Bertz CT molecular complexity index is 975. The van der Waals surface area contributed by atoms with Crippen LogP contribution in [-0.2, 0) is 24.3 Å². The Morgan fingerprint density at radius 1 is 1.22 bits per heavy atom. The Morgan fingerprint density at radius 3 is 2.67 bits per heavy atom. The first-order chi connectivity index (χ1) is 12.9. The van der Waals surface area contributed by atoms with E-state index in [4.69, 9.17) is 10.00 Å². The lowest BCUT2D eigenvalue weighted by molar-refractivity contribution is -0.146. The Balaban J connectivity index is 1.76. The Hall–Kier alpha value is -3.00. The molecule has 140 valence electrons. The first-order valence-electron chi connectivity index (χ1n) is 7.55. The van der Waals surface area contributed by atoms with E-state index in [-0.39, 0.29) is 0 Å². The van der Waals surface area contributed by atoms with E-state index in [9.17, 15) is 18.0 Å². The van der Waals surface area contributed by atoms with Crippen molar-refractivity contribution in [3.05, 3.63) is 58.3 Å². The molecule has 0 radical (unpaired) electrons. The second kappa shape index (κ2) is 9.63. The van der Waals surface area contributed by atoms with Crippen LogP contribution in [0.15, 0.2) is 47.2 Å². The zero-order valence-corrected chi connectivity index (χ0v) is 15.5. The van der Waals surface area contributed by atoms with E-state index in [1.165, 1.54) is 6.08 Å². The fourth-order valence-corrected chi connectivity index (χ4v) is 3.30. The van der Waals surface area contributed by atoms with E-state index in [0.717, 1.165) is 16.7 Å². The molecule has 0 fully saturated rings. The van der Waals surface area contributed by atoms with Crippen molar-refractivity contribution in [3.63, 3.8) is 0 Å². The molecule has 0 aliphatic carbocycles. The van der Waals surface area contributed by atoms with Crippen molar-refractivity contribution in [2.45, 2.75) is 0 Å². The highest BCUT2D eigenvalue weighted by atomic mass is 32.2. The van der Waals surface area contributed by atoms with Gasteiger partial charge >= 0.3 is 5.97 Å². The van der Waals surface area contributed by atoms with Gasteiger partial charge in [-0.3, -0.25) is 9.59 Å². The average molecular weight is 405 g/mol. The number of ether oxygens (including phenoxy) is 1. The van der Waals surface area contributed by atoms with Gasteiger partial charge in [0.15, 0.2) is 6.61 Å². The molecule has 1 amide bonds. The number of amides is 1. The topological polar surface area (TPSA) is 125 Å². The molecule has 2 aromatic rings. The molecule has 0 saturated carbocycles. The maximum Gasteiger partial charge on any atom is 0.321 e. The fourth-order valence-electron chi connectivity index (χ4n) is 1.79. The summed E-state index contributed by atoms with van der Waals surface area (Å²) in [4.78, 5) is 23.3. The van der Waals surface area contributed by atoms with E-state index in [1.807, 2.05) is 6.07 Å². The van der Waals surface area contributed by atoms with E-state index < -0.39 is 35.1 Å². The molecule has 1 aromatic carbocycles. The molecule has 2 N–H and O–H groups in total. The standard InChI is InChI=1S/C17H15N3O5S2/c18-10-14-6-8-26-17(14)20-15(21)12-25-16(22)11-19-27(23,24)9-7-13-4-2-1-3-5-13/h1-9,19H,11-12H2,(H,20,21)/b9-7+. The van der Waals surface area contributed by atoms with Gasteiger partial charge in [-0.05, 0) is 23.1 Å². The van der Waals surface area contributed by atoms with E-state index >= 15 is 0 Å². The van der Waals surface area contributed by atoms with Crippen LogP contribution in [0.3, 0.4) is 0 Å². The molecule has 0 unspecified atom stereocenters. The van der Waals surface area contributed by atoms with Crippen LogP contribution in [0.25, 0.3) is 6.08 Å². The van der Waals surface area contributed by atoms with Gasteiger partial charge in [-0.1, -0.05) is 30.3 Å². The van der Waals surface area contributed by atoms with Crippen LogP contribution in [-0.4, -0.2) is 33.4 Å². The zero-order valence-electron chi connectivity index (χ0n) is 13.9. The lowest BCUT2D eigenvalue weighted by Gasteiger charge is -2.06. The predicted molar refractivity (Wildman–Crippen MR) is 101 cm³/mol. The lowest BCUT2D eigenvalue weighted by Crippen LogP contribution is -2.31. The molecule has 0 aliphatic heterocycles. The summed E-state index contributed by atoms with van der Waals surface area (Å²) >= 11 is 1.16. The maximum atomic E-state index is 11.8. The van der Waals surface area contributed by atoms with Gasteiger partial charge < -0.3 is 10.1 Å². The quantitative estimate of drug-likeness (QED) is 0.644. The summed E-state index contributed by atoms with van der Waals surface area (Å²) in [5.41, 5.74) is 0.991. The van der Waals surface area contributed by atoms with Gasteiger partial charge in [0.05, 0.1) is 5.56 Å². The fraction of sp³-hybridized carbons (Fsp3) is 0.118. The van der Waals surface area contributed by atoms with Crippen molar-refractivity contribution in [3.8, 4) is 6.07 Å². The number of hydrogen-bond acceptors (Lipinski definition) is 7. The van der Waals surface area contributed by atoms with Gasteiger partial charge in [-0.2, -0.15) is 5.26 Å². The first kappa shape index (κ1) is 20.3. The number of benzene rings is 1. The number of carbonyl (C=O) groups is 2. The molecule has 0 aliphatic rings. The van der Waals surface area contributed by atoms with Crippen molar-refractivity contribution >= 4 is 44.3 Å². The van der Waals surface area contributed by atoms with Crippen molar-refractivity contribution in [1.82, 2.24) is 4.72 Å².